The molecule has 126 valence electrons. The average molecular weight is 311 g/mol. The molecule has 0 radical (unpaired) electrons. The molecular formula is C23H34. The van der Waals surface area contributed by atoms with Crippen molar-refractivity contribution in [1.29, 1.82) is 0 Å². The first kappa shape index (κ1) is 19.5. The van der Waals surface area contributed by atoms with Gasteiger partial charge >= 0.3 is 0 Å². The fourth-order valence-corrected chi connectivity index (χ4v) is 3.07. The van der Waals surface area contributed by atoms with E-state index in [1.54, 1.807) is 0 Å². The third kappa shape index (κ3) is 4.96. The lowest BCUT2D eigenvalue weighted by Gasteiger charge is -2.31. The summed E-state index contributed by atoms with van der Waals surface area (Å²) in [7, 11) is 0. The molecule has 1 aromatic rings. The first-order chi connectivity index (χ1) is 10.9. The molecule has 2 unspecified atom stereocenters. The Morgan fingerprint density at radius 3 is 2.22 bits per heavy atom. The molecule has 1 aliphatic rings. The molecule has 0 nitrogen and oxygen atoms in total. The van der Waals surface area contributed by atoms with E-state index in [4.69, 9.17) is 0 Å². The maximum absolute atomic E-state index is 2.44. The van der Waals surface area contributed by atoms with Crippen LogP contribution in [0.15, 0.2) is 60.2 Å². The van der Waals surface area contributed by atoms with Gasteiger partial charge in [0.2, 0.25) is 0 Å². The summed E-state index contributed by atoms with van der Waals surface area (Å²) in [5.74, 6) is 1.25. The topological polar surface area (TPSA) is 0 Å². The van der Waals surface area contributed by atoms with Crippen molar-refractivity contribution in [2.45, 2.75) is 60.3 Å². The Labute approximate surface area is 144 Å². The predicted octanol–water partition coefficient (Wildman–Crippen LogP) is 7.01. The molecule has 0 amide bonds. The summed E-state index contributed by atoms with van der Waals surface area (Å²) in [6, 6.07) is 8.94. The van der Waals surface area contributed by atoms with E-state index >= 15 is 0 Å². The minimum Gasteiger partial charge on any atom is -0.0914 e. The molecule has 0 heterocycles. The van der Waals surface area contributed by atoms with Gasteiger partial charge < -0.3 is 0 Å². The highest BCUT2D eigenvalue weighted by Crippen LogP contribution is 2.36. The van der Waals surface area contributed by atoms with Crippen molar-refractivity contribution >= 4 is 0 Å². The molecule has 2 rings (SSSR count). The van der Waals surface area contributed by atoms with E-state index in [9.17, 15) is 0 Å². The lowest BCUT2D eigenvalue weighted by molar-refractivity contribution is 0.503. The average Bonchev–Trinajstić information content (AvgIpc) is 2.57. The van der Waals surface area contributed by atoms with Crippen LogP contribution >= 0.6 is 0 Å². The predicted molar refractivity (Wildman–Crippen MR) is 105 cm³/mol. The van der Waals surface area contributed by atoms with Crippen molar-refractivity contribution in [2.24, 2.45) is 11.8 Å². The molecule has 1 aromatic carbocycles. The number of benzene rings is 1. The maximum atomic E-state index is 2.44. The Balaban J connectivity index is 0.00000127. The molecule has 2 atom stereocenters. The molecule has 0 bridgehead atoms. The van der Waals surface area contributed by atoms with Crippen molar-refractivity contribution in [3.63, 3.8) is 0 Å². The highest BCUT2D eigenvalue weighted by atomic mass is 14.3. The molecule has 0 fully saturated rings. The normalized spacial score (nSPS) is 19.1. The molecule has 0 aliphatic heterocycles. The van der Waals surface area contributed by atoms with Crippen LogP contribution < -0.4 is 0 Å². The quantitative estimate of drug-likeness (QED) is 0.524. The van der Waals surface area contributed by atoms with Gasteiger partial charge in [0.15, 0.2) is 0 Å². The molecule has 0 saturated carbocycles. The van der Waals surface area contributed by atoms with Crippen molar-refractivity contribution in [2.75, 3.05) is 0 Å². The molecule has 23 heavy (non-hydrogen) atoms. The van der Waals surface area contributed by atoms with Gasteiger partial charge in [-0.1, -0.05) is 94.8 Å². The van der Waals surface area contributed by atoms with E-state index in [1.807, 2.05) is 13.8 Å². The summed E-state index contributed by atoms with van der Waals surface area (Å²) < 4.78 is 0. The summed E-state index contributed by atoms with van der Waals surface area (Å²) in [5, 5.41) is 0. The van der Waals surface area contributed by atoms with Crippen molar-refractivity contribution in [1.82, 2.24) is 0 Å². The van der Waals surface area contributed by atoms with Crippen LogP contribution in [0.3, 0.4) is 0 Å². The van der Waals surface area contributed by atoms with E-state index in [1.165, 1.54) is 16.7 Å². The lowest BCUT2D eigenvalue weighted by Crippen LogP contribution is -2.22. The Bertz CT molecular complexity index is 552. The number of rotatable bonds is 4. The minimum absolute atomic E-state index is 0.0823. The van der Waals surface area contributed by atoms with Gasteiger partial charge in [-0.2, -0.15) is 0 Å². The number of aryl methyl sites for hydroxylation is 1. The van der Waals surface area contributed by atoms with Crippen LogP contribution in [0.25, 0.3) is 0 Å². The molecule has 0 aromatic heterocycles. The van der Waals surface area contributed by atoms with Gasteiger partial charge in [-0.25, -0.2) is 0 Å². The second kappa shape index (κ2) is 8.91. The summed E-state index contributed by atoms with van der Waals surface area (Å²) >= 11 is 0. The van der Waals surface area contributed by atoms with E-state index in [2.05, 4.69) is 89.3 Å². The standard InChI is InChI=1S/C21H28.C2H6/c1-6-7-17(3)18-10-14-20(15-11-18)21(4,5)19-12-8-16(2)9-13-19;1-2/h6-10,12-15,17-18H,11H2,1-5H3;1-2H3. The molecule has 0 spiro atoms. The molecule has 0 heteroatoms. The van der Waals surface area contributed by atoms with Gasteiger partial charge in [-0.15, -0.1) is 0 Å². The van der Waals surface area contributed by atoms with Gasteiger partial charge in [0.1, 0.15) is 0 Å². The van der Waals surface area contributed by atoms with Gasteiger partial charge in [-0.3, -0.25) is 0 Å². The van der Waals surface area contributed by atoms with E-state index in [0.29, 0.717) is 11.8 Å². The zero-order chi connectivity index (χ0) is 17.5. The van der Waals surface area contributed by atoms with Crippen molar-refractivity contribution < 1.29 is 0 Å². The Morgan fingerprint density at radius 2 is 1.74 bits per heavy atom. The molecular weight excluding hydrogens is 276 g/mol. The monoisotopic (exact) mass is 310 g/mol. The second-order valence-corrected chi connectivity index (χ2v) is 6.79. The first-order valence-corrected chi connectivity index (χ1v) is 9.04. The number of hydrogen-bond acceptors (Lipinski definition) is 0. The SMILES string of the molecule is CC.CC=CC(C)C1C=CC(C(C)(C)c2ccc(C)cc2)=CC1. The van der Waals surface area contributed by atoms with Crippen LogP contribution in [0.2, 0.25) is 0 Å². The number of allylic oxidation sites excluding steroid dienone is 6. The van der Waals surface area contributed by atoms with Crippen LogP contribution in [0.5, 0.6) is 0 Å². The van der Waals surface area contributed by atoms with Crippen molar-refractivity contribution in [3.05, 3.63) is 71.3 Å². The zero-order valence-electron chi connectivity index (χ0n) is 16.1. The molecule has 0 saturated heterocycles. The third-order valence-electron chi connectivity index (χ3n) is 4.80. The fraction of sp³-hybridized carbons (Fsp3) is 0.478. The first-order valence-electron chi connectivity index (χ1n) is 9.04. The minimum atomic E-state index is 0.0823. The van der Waals surface area contributed by atoms with Gasteiger partial charge in [0.25, 0.3) is 0 Å². The third-order valence-corrected chi connectivity index (χ3v) is 4.80. The molecule has 1 aliphatic carbocycles. The summed E-state index contributed by atoms with van der Waals surface area (Å²) in [6.07, 6.45) is 12.8. The Morgan fingerprint density at radius 1 is 1.13 bits per heavy atom. The van der Waals surface area contributed by atoms with Gasteiger partial charge in [0.05, 0.1) is 0 Å². The van der Waals surface area contributed by atoms with Crippen LogP contribution in [-0.2, 0) is 5.41 Å². The Kier molecular flexibility index (Phi) is 7.55. The lowest BCUT2D eigenvalue weighted by atomic mass is 9.73. The van der Waals surface area contributed by atoms with E-state index in [-0.39, 0.29) is 5.41 Å². The van der Waals surface area contributed by atoms with Crippen LogP contribution in [0.1, 0.15) is 59.1 Å². The zero-order valence-corrected chi connectivity index (χ0v) is 16.1. The van der Waals surface area contributed by atoms with E-state index in [0.717, 1.165) is 6.42 Å². The Hall–Kier alpha value is -1.56. The molecule has 0 N–H and O–H groups in total. The summed E-state index contributed by atoms with van der Waals surface area (Å²) in [4.78, 5) is 0. The second-order valence-electron chi connectivity index (χ2n) is 6.79. The highest BCUT2D eigenvalue weighted by Gasteiger charge is 2.26. The number of hydrogen-bond donors (Lipinski definition) is 0. The van der Waals surface area contributed by atoms with Crippen LogP contribution in [0.4, 0.5) is 0 Å². The summed E-state index contributed by atoms with van der Waals surface area (Å²) in [5.41, 5.74) is 4.24. The maximum Gasteiger partial charge on any atom is 0.0143 e. The highest BCUT2D eigenvalue weighted by molar-refractivity contribution is 5.42. The smallest absolute Gasteiger partial charge is 0.0143 e. The largest absolute Gasteiger partial charge is 0.0914 e. The van der Waals surface area contributed by atoms with Gasteiger partial charge in [-0.05, 0) is 43.2 Å². The van der Waals surface area contributed by atoms with Crippen molar-refractivity contribution in [3.8, 4) is 0 Å². The fourth-order valence-electron chi connectivity index (χ4n) is 3.07. The van der Waals surface area contributed by atoms with Crippen LogP contribution in [-0.4, -0.2) is 0 Å². The summed E-state index contributed by atoms with van der Waals surface area (Å²) in [6.45, 7) is 15.2. The van der Waals surface area contributed by atoms with Gasteiger partial charge in [0, 0.05) is 5.41 Å². The van der Waals surface area contributed by atoms with Crippen LogP contribution in [0, 0.1) is 18.8 Å². The van der Waals surface area contributed by atoms with E-state index < -0.39 is 0 Å².